The molecule has 0 radical (unpaired) electrons. The van der Waals surface area contributed by atoms with E-state index in [4.69, 9.17) is 0 Å². The number of carbonyl (C=O) groups is 2. The van der Waals surface area contributed by atoms with Gasteiger partial charge in [0.1, 0.15) is 5.82 Å². The Hall–Kier alpha value is -1.89. The van der Waals surface area contributed by atoms with E-state index in [1.165, 1.54) is 0 Å². The van der Waals surface area contributed by atoms with Crippen molar-refractivity contribution in [1.29, 1.82) is 0 Å². The number of piperidine rings is 1. The van der Waals surface area contributed by atoms with Crippen molar-refractivity contribution in [2.75, 3.05) is 20.1 Å². The van der Waals surface area contributed by atoms with Crippen LogP contribution < -0.4 is 0 Å². The van der Waals surface area contributed by atoms with E-state index >= 15 is 0 Å². The van der Waals surface area contributed by atoms with Gasteiger partial charge >= 0.3 is 5.97 Å². The van der Waals surface area contributed by atoms with Gasteiger partial charge in [-0.15, -0.1) is 0 Å². The van der Waals surface area contributed by atoms with Gasteiger partial charge in [0.05, 0.1) is 18.0 Å². The van der Waals surface area contributed by atoms with Gasteiger partial charge in [0.15, 0.2) is 0 Å². The third-order valence-electron chi connectivity index (χ3n) is 5.02. The van der Waals surface area contributed by atoms with E-state index < -0.39 is 17.4 Å². The minimum absolute atomic E-state index is 0.0538. The fourth-order valence-electron chi connectivity index (χ4n) is 3.68. The van der Waals surface area contributed by atoms with Crippen LogP contribution in [0.1, 0.15) is 25.1 Å². The SMILES string of the molecule is CN1C(=O)C[C@@H](C(=O)O)C12CCN(Cc1ncc[nH]1)CC2. The molecule has 0 bridgehead atoms. The standard InChI is InChI=1S/C14H20N4O3/c1-17-12(19)8-10(13(20)21)14(17)2-6-18(7-3-14)9-11-15-4-5-16-11/h4-5,10H,2-3,6-9H2,1H3,(H,15,16)(H,20,21)/t10-/m0/s1. The highest BCUT2D eigenvalue weighted by Crippen LogP contribution is 2.42. The first-order chi connectivity index (χ1) is 10.0. The quantitative estimate of drug-likeness (QED) is 0.837. The van der Waals surface area contributed by atoms with Crippen molar-refractivity contribution in [3.05, 3.63) is 18.2 Å². The number of likely N-dealkylation sites (tertiary alicyclic amines) is 2. The van der Waals surface area contributed by atoms with Gasteiger partial charge in [-0.3, -0.25) is 14.5 Å². The molecular weight excluding hydrogens is 272 g/mol. The first kappa shape index (κ1) is 14.1. The van der Waals surface area contributed by atoms with Crippen molar-refractivity contribution in [2.45, 2.75) is 31.3 Å². The van der Waals surface area contributed by atoms with Crippen LogP contribution in [0.2, 0.25) is 0 Å². The summed E-state index contributed by atoms with van der Waals surface area (Å²) in [7, 11) is 1.74. The Bertz CT molecular complexity index is 534. The summed E-state index contributed by atoms with van der Waals surface area (Å²) in [6.45, 7) is 2.29. The van der Waals surface area contributed by atoms with Crippen LogP contribution in [0, 0.1) is 5.92 Å². The van der Waals surface area contributed by atoms with Crippen LogP contribution in [0.25, 0.3) is 0 Å². The van der Waals surface area contributed by atoms with E-state index in [-0.39, 0.29) is 12.3 Å². The first-order valence-electron chi connectivity index (χ1n) is 7.23. The van der Waals surface area contributed by atoms with Crippen molar-refractivity contribution < 1.29 is 14.7 Å². The Morgan fingerprint density at radius 3 is 2.81 bits per heavy atom. The highest BCUT2D eigenvalue weighted by Gasteiger charge is 2.55. The third-order valence-corrected chi connectivity index (χ3v) is 5.02. The summed E-state index contributed by atoms with van der Waals surface area (Å²) in [5.41, 5.74) is -0.511. The maximum atomic E-state index is 11.9. The Morgan fingerprint density at radius 2 is 2.24 bits per heavy atom. The number of amides is 1. The predicted molar refractivity (Wildman–Crippen MR) is 74.3 cm³/mol. The van der Waals surface area contributed by atoms with Crippen LogP contribution in [0.3, 0.4) is 0 Å². The Kier molecular flexibility index (Phi) is 3.44. The number of hydrogen-bond donors (Lipinski definition) is 2. The van der Waals surface area contributed by atoms with Gasteiger partial charge in [0.2, 0.25) is 5.91 Å². The van der Waals surface area contributed by atoms with Gasteiger partial charge < -0.3 is 15.0 Å². The van der Waals surface area contributed by atoms with Gasteiger partial charge in [0.25, 0.3) is 0 Å². The summed E-state index contributed by atoms with van der Waals surface area (Å²) in [6, 6.07) is 0. The van der Waals surface area contributed by atoms with Crippen LogP contribution in [0.15, 0.2) is 12.4 Å². The Balaban J connectivity index is 1.70. The highest BCUT2D eigenvalue weighted by molar-refractivity contribution is 5.88. The van der Waals surface area contributed by atoms with Crippen LogP contribution in [-0.2, 0) is 16.1 Å². The second-order valence-electron chi connectivity index (χ2n) is 5.96. The number of nitrogens with one attached hydrogen (secondary N) is 1. The molecular formula is C14H20N4O3. The number of aromatic amines is 1. The van der Waals surface area contributed by atoms with Crippen molar-refractivity contribution >= 4 is 11.9 Å². The van der Waals surface area contributed by atoms with E-state index in [0.717, 1.165) is 25.5 Å². The van der Waals surface area contributed by atoms with E-state index in [2.05, 4.69) is 14.9 Å². The van der Waals surface area contributed by atoms with E-state index in [1.54, 1.807) is 24.3 Å². The molecule has 7 nitrogen and oxygen atoms in total. The molecule has 0 aliphatic carbocycles. The second-order valence-corrected chi connectivity index (χ2v) is 5.96. The summed E-state index contributed by atoms with van der Waals surface area (Å²) in [5, 5.41) is 9.43. The van der Waals surface area contributed by atoms with Gasteiger partial charge in [-0.05, 0) is 12.8 Å². The second kappa shape index (κ2) is 5.14. The van der Waals surface area contributed by atoms with Gasteiger partial charge in [-0.1, -0.05) is 0 Å². The molecule has 1 amide bonds. The Labute approximate surface area is 122 Å². The van der Waals surface area contributed by atoms with Gasteiger partial charge in [-0.2, -0.15) is 0 Å². The molecule has 3 heterocycles. The number of H-pyrrole nitrogens is 1. The molecule has 1 aromatic rings. The number of carbonyl (C=O) groups excluding carboxylic acids is 1. The third kappa shape index (κ3) is 2.31. The summed E-state index contributed by atoms with van der Waals surface area (Å²) in [6.07, 6.45) is 5.05. The molecule has 0 saturated carbocycles. The molecule has 1 atom stereocenters. The zero-order valence-electron chi connectivity index (χ0n) is 12.1. The molecule has 1 spiro atoms. The smallest absolute Gasteiger partial charge is 0.309 e. The molecule has 0 aromatic carbocycles. The normalized spacial score (nSPS) is 25.7. The number of hydrogen-bond acceptors (Lipinski definition) is 4. The molecule has 0 unspecified atom stereocenters. The van der Waals surface area contributed by atoms with Crippen LogP contribution in [-0.4, -0.2) is 62.4 Å². The molecule has 114 valence electrons. The summed E-state index contributed by atoms with van der Waals surface area (Å²) >= 11 is 0. The first-order valence-corrected chi connectivity index (χ1v) is 7.23. The van der Waals surface area contributed by atoms with Crippen molar-refractivity contribution in [3.8, 4) is 0 Å². The van der Waals surface area contributed by atoms with Crippen LogP contribution >= 0.6 is 0 Å². The predicted octanol–water partition coefficient (Wildman–Crippen LogP) is 0.307. The number of nitrogens with zero attached hydrogens (tertiary/aromatic N) is 3. The number of rotatable bonds is 3. The zero-order chi connectivity index (χ0) is 15.0. The van der Waals surface area contributed by atoms with Gasteiger partial charge in [0, 0.05) is 39.0 Å². The lowest BCUT2D eigenvalue weighted by atomic mass is 9.77. The summed E-state index contributed by atoms with van der Waals surface area (Å²) in [5.74, 6) is -0.577. The molecule has 21 heavy (non-hydrogen) atoms. The lowest BCUT2D eigenvalue weighted by Gasteiger charge is -2.45. The minimum Gasteiger partial charge on any atom is -0.481 e. The monoisotopic (exact) mass is 292 g/mol. The molecule has 2 N–H and O–H groups in total. The molecule has 2 aliphatic rings. The summed E-state index contributed by atoms with van der Waals surface area (Å²) < 4.78 is 0. The maximum Gasteiger partial charge on any atom is 0.309 e. The fourth-order valence-corrected chi connectivity index (χ4v) is 3.68. The average Bonchev–Trinajstić information content (AvgIpc) is 3.04. The van der Waals surface area contributed by atoms with E-state index in [1.807, 2.05) is 0 Å². The molecule has 1 aromatic heterocycles. The number of imidazole rings is 1. The number of aromatic nitrogens is 2. The largest absolute Gasteiger partial charge is 0.481 e. The van der Waals surface area contributed by atoms with Crippen molar-refractivity contribution in [3.63, 3.8) is 0 Å². The molecule has 3 rings (SSSR count). The van der Waals surface area contributed by atoms with E-state index in [0.29, 0.717) is 12.8 Å². The summed E-state index contributed by atoms with van der Waals surface area (Å²) in [4.78, 5) is 34.6. The maximum absolute atomic E-state index is 11.9. The highest BCUT2D eigenvalue weighted by atomic mass is 16.4. The topological polar surface area (TPSA) is 89.5 Å². The zero-order valence-corrected chi connectivity index (χ0v) is 12.1. The lowest BCUT2D eigenvalue weighted by molar-refractivity contribution is -0.146. The van der Waals surface area contributed by atoms with Crippen molar-refractivity contribution in [1.82, 2.24) is 19.8 Å². The lowest BCUT2D eigenvalue weighted by Crippen LogP contribution is -2.55. The molecule has 7 heteroatoms. The van der Waals surface area contributed by atoms with Crippen LogP contribution in [0.4, 0.5) is 0 Å². The van der Waals surface area contributed by atoms with Crippen LogP contribution in [0.5, 0.6) is 0 Å². The Morgan fingerprint density at radius 1 is 1.52 bits per heavy atom. The number of carboxylic acids is 1. The van der Waals surface area contributed by atoms with Gasteiger partial charge in [-0.25, -0.2) is 4.98 Å². The molecule has 2 fully saturated rings. The van der Waals surface area contributed by atoms with Crippen molar-refractivity contribution in [2.24, 2.45) is 5.92 Å². The number of carboxylic acid groups (broad SMARTS) is 1. The number of aliphatic carboxylic acids is 1. The molecule has 2 saturated heterocycles. The molecule has 2 aliphatic heterocycles. The fraction of sp³-hybridized carbons (Fsp3) is 0.643. The average molecular weight is 292 g/mol. The minimum atomic E-state index is -0.854. The van der Waals surface area contributed by atoms with E-state index in [9.17, 15) is 14.7 Å².